The maximum atomic E-state index is 12.4. The van der Waals surface area contributed by atoms with Crippen LogP contribution in [0.5, 0.6) is 5.75 Å². The summed E-state index contributed by atoms with van der Waals surface area (Å²) in [6.07, 6.45) is 0. The molecular weight excluding hydrogens is 302 g/mol. The molecule has 1 aromatic carbocycles. The van der Waals surface area contributed by atoms with Crippen LogP contribution < -0.4 is 10.1 Å². The van der Waals surface area contributed by atoms with Gasteiger partial charge in [-0.25, -0.2) is 0 Å². The molecule has 2 bridgehead atoms. The zero-order valence-electron chi connectivity index (χ0n) is 12.8. The molecule has 1 aromatic rings. The summed E-state index contributed by atoms with van der Waals surface area (Å²) in [5.74, 6) is 0.444. The van der Waals surface area contributed by atoms with Gasteiger partial charge in [-0.1, -0.05) is 11.6 Å². The Morgan fingerprint density at radius 2 is 2.14 bits per heavy atom. The summed E-state index contributed by atoms with van der Waals surface area (Å²) in [5, 5.41) is 3.61. The predicted molar refractivity (Wildman–Crippen MR) is 86.8 cm³/mol. The van der Waals surface area contributed by atoms with E-state index in [1.807, 2.05) is 6.92 Å². The molecule has 0 aliphatic carbocycles. The second-order valence-electron chi connectivity index (χ2n) is 5.77. The second-order valence-corrected chi connectivity index (χ2v) is 6.21. The van der Waals surface area contributed by atoms with Crippen molar-refractivity contribution in [3.05, 3.63) is 28.8 Å². The standard InChI is InChI=1S/C16H22ClN3O2/c1-2-22-15-9-12(17)3-4-14(15)16(21)18-10-13-11-19-5-7-20(13)8-6-19/h3-4,9,13H,2,5-8,10-11H2,1H3,(H,18,21)/t13-/m0/s1. The summed E-state index contributed by atoms with van der Waals surface area (Å²) in [5.41, 5.74) is 0.544. The normalized spacial score (nSPS) is 26.7. The number of piperazine rings is 3. The first-order valence-corrected chi connectivity index (χ1v) is 8.22. The van der Waals surface area contributed by atoms with Crippen LogP contribution >= 0.6 is 11.6 Å². The van der Waals surface area contributed by atoms with Crippen LogP contribution in [0, 0.1) is 0 Å². The van der Waals surface area contributed by atoms with Crippen LogP contribution in [0.15, 0.2) is 18.2 Å². The van der Waals surface area contributed by atoms with E-state index < -0.39 is 0 Å². The lowest BCUT2D eigenvalue weighted by Gasteiger charge is -2.47. The molecule has 3 saturated heterocycles. The third kappa shape index (κ3) is 3.37. The van der Waals surface area contributed by atoms with Gasteiger partial charge in [0.05, 0.1) is 12.2 Å². The van der Waals surface area contributed by atoms with Crippen LogP contribution in [0.25, 0.3) is 0 Å². The first-order valence-electron chi connectivity index (χ1n) is 7.84. The van der Waals surface area contributed by atoms with Crippen molar-refractivity contribution in [3.8, 4) is 5.75 Å². The van der Waals surface area contributed by atoms with Gasteiger partial charge in [0.15, 0.2) is 0 Å². The van der Waals surface area contributed by atoms with E-state index in [1.165, 1.54) is 0 Å². The third-order valence-corrected chi connectivity index (χ3v) is 4.61. The molecule has 3 heterocycles. The summed E-state index contributed by atoms with van der Waals surface area (Å²) in [4.78, 5) is 17.4. The van der Waals surface area contributed by atoms with Gasteiger partial charge in [0.1, 0.15) is 5.75 Å². The molecule has 1 atom stereocenters. The Morgan fingerprint density at radius 1 is 1.36 bits per heavy atom. The van der Waals surface area contributed by atoms with Gasteiger partial charge >= 0.3 is 0 Å². The Bertz CT molecular complexity index is 544. The fraction of sp³-hybridized carbons (Fsp3) is 0.562. The molecule has 0 spiro atoms. The Labute approximate surface area is 136 Å². The van der Waals surface area contributed by atoms with E-state index in [0.717, 1.165) is 32.7 Å². The molecular formula is C16H22ClN3O2. The lowest BCUT2D eigenvalue weighted by atomic mass is 10.1. The lowest BCUT2D eigenvalue weighted by molar-refractivity contribution is 0.0138. The smallest absolute Gasteiger partial charge is 0.255 e. The molecule has 0 aromatic heterocycles. The number of nitrogens with one attached hydrogen (secondary N) is 1. The van der Waals surface area contributed by atoms with Gasteiger partial charge in [-0.3, -0.25) is 14.6 Å². The highest BCUT2D eigenvalue weighted by Crippen LogP contribution is 2.23. The first kappa shape index (κ1) is 15.6. The van der Waals surface area contributed by atoms with Gasteiger partial charge in [0, 0.05) is 50.3 Å². The number of rotatable bonds is 5. The molecule has 22 heavy (non-hydrogen) atoms. The average molecular weight is 324 g/mol. The molecule has 3 aliphatic rings. The predicted octanol–water partition coefficient (Wildman–Crippen LogP) is 1.47. The van der Waals surface area contributed by atoms with Crippen molar-refractivity contribution in [3.63, 3.8) is 0 Å². The van der Waals surface area contributed by atoms with Crippen LogP contribution in [-0.4, -0.2) is 67.6 Å². The summed E-state index contributed by atoms with van der Waals surface area (Å²) in [6, 6.07) is 5.54. The number of hydrogen-bond acceptors (Lipinski definition) is 4. The highest BCUT2D eigenvalue weighted by Gasteiger charge is 2.31. The molecule has 0 saturated carbocycles. The van der Waals surface area contributed by atoms with Crippen molar-refractivity contribution in [1.82, 2.24) is 15.1 Å². The number of hydrogen-bond donors (Lipinski definition) is 1. The molecule has 5 nitrogen and oxygen atoms in total. The Kier molecular flexibility index (Phi) is 4.86. The second kappa shape index (κ2) is 6.86. The van der Waals surface area contributed by atoms with Crippen molar-refractivity contribution < 1.29 is 9.53 Å². The van der Waals surface area contributed by atoms with Crippen molar-refractivity contribution in [1.29, 1.82) is 0 Å². The summed E-state index contributed by atoms with van der Waals surface area (Å²) < 4.78 is 5.52. The van der Waals surface area contributed by atoms with Crippen LogP contribution in [0.4, 0.5) is 0 Å². The number of ether oxygens (including phenoxy) is 1. The van der Waals surface area contributed by atoms with Gasteiger partial charge in [-0.15, -0.1) is 0 Å². The zero-order chi connectivity index (χ0) is 15.5. The molecule has 1 N–H and O–H groups in total. The third-order valence-electron chi connectivity index (χ3n) is 4.38. The maximum absolute atomic E-state index is 12.4. The minimum atomic E-state index is -0.0993. The molecule has 4 rings (SSSR count). The topological polar surface area (TPSA) is 44.8 Å². The molecule has 6 heteroatoms. The Balaban J connectivity index is 1.62. The van der Waals surface area contributed by atoms with Crippen LogP contribution in [0.3, 0.4) is 0 Å². The minimum absolute atomic E-state index is 0.0993. The van der Waals surface area contributed by atoms with Crippen LogP contribution in [0.2, 0.25) is 5.02 Å². The number of halogens is 1. The quantitative estimate of drug-likeness (QED) is 0.891. The number of nitrogens with zero attached hydrogens (tertiary/aromatic N) is 2. The average Bonchev–Trinajstić information content (AvgIpc) is 2.54. The minimum Gasteiger partial charge on any atom is -0.493 e. The summed E-state index contributed by atoms with van der Waals surface area (Å²) in [7, 11) is 0. The highest BCUT2D eigenvalue weighted by molar-refractivity contribution is 6.30. The first-order chi connectivity index (χ1) is 10.7. The molecule has 120 valence electrons. The van der Waals surface area contributed by atoms with Crippen molar-refractivity contribution in [2.24, 2.45) is 0 Å². The molecule has 1 amide bonds. The largest absolute Gasteiger partial charge is 0.493 e. The maximum Gasteiger partial charge on any atom is 0.255 e. The summed E-state index contributed by atoms with van der Waals surface area (Å²) >= 11 is 5.97. The van der Waals surface area contributed by atoms with E-state index in [-0.39, 0.29) is 5.91 Å². The number of amides is 1. The SMILES string of the molecule is CCOc1cc(Cl)ccc1C(=O)NC[C@H]1CN2CCN1CC2. The fourth-order valence-corrected chi connectivity index (χ4v) is 3.34. The van der Waals surface area contributed by atoms with E-state index in [0.29, 0.717) is 35.5 Å². The van der Waals surface area contributed by atoms with E-state index in [1.54, 1.807) is 18.2 Å². The number of carbonyl (C=O) groups excluding carboxylic acids is 1. The van der Waals surface area contributed by atoms with Gasteiger partial charge in [-0.05, 0) is 25.1 Å². The van der Waals surface area contributed by atoms with Gasteiger partial charge < -0.3 is 10.1 Å². The number of carbonyl (C=O) groups is 1. The van der Waals surface area contributed by atoms with E-state index in [4.69, 9.17) is 16.3 Å². The van der Waals surface area contributed by atoms with Crippen molar-refractivity contribution >= 4 is 17.5 Å². The molecule has 0 unspecified atom stereocenters. The van der Waals surface area contributed by atoms with Crippen molar-refractivity contribution in [2.75, 3.05) is 45.9 Å². The Morgan fingerprint density at radius 3 is 2.77 bits per heavy atom. The molecule has 3 fully saturated rings. The van der Waals surface area contributed by atoms with Gasteiger partial charge in [0.2, 0.25) is 0 Å². The van der Waals surface area contributed by atoms with Crippen LogP contribution in [-0.2, 0) is 0 Å². The Hall–Kier alpha value is -1.30. The lowest BCUT2D eigenvalue weighted by Crippen LogP contribution is -2.63. The van der Waals surface area contributed by atoms with Crippen LogP contribution in [0.1, 0.15) is 17.3 Å². The molecule has 0 radical (unpaired) electrons. The van der Waals surface area contributed by atoms with E-state index >= 15 is 0 Å². The highest BCUT2D eigenvalue weighted by atomic mass is 35.5. The molecule has 3 aliphatic heterocycles. The monoisotopic (exact) mass is 323 g/mol. The number of fused-ring (bicyclic) bond motifs is 3. The van der Waals surface area contributed by atoms with Crippen molar-refractivity contribution in [2.45, 2.75) is 13.0 Å². The zero-order valence-corrected chi connectivity index (χ0v) is 13.6. The van der Waals surface area contributed by atoms with Gasteiger partial charge in [0.25, 0.3) is 5.91 Å². The number of benzene rings is 1. The summed E-state index contributed by atoms with van der Waals surface area (Å²) in [6.45, 7) is 8.61. The van der Waals surface area contributed by atoms with Gasteiger partial charge in [-0.2, -0.15) is 0 Å². The fourth-order valence-electron chi connectivity index (χ4n) is 3.18. The van der Waals surface area contributed by atoms with E-state index in [9.17, 15) is 4.79 Å². The van der Waals surface area contributed by atoms with E-state index in [2.05, 4.69) is 15.1 Å².